The molecular weight excluding hydrogens is 846 g/mol. The van der Waals surface area contributed by atoms with E-state index in [0.717, 1.165) is 36.2 Å². The molecule has 342 valence electrons. The molecule has 5 atom stereocenters. The number of carbonyl (C=O) groups is 2. The van der Waals surface area contributed by atoms with Gasteiger partial charge in [-0.05, 0) is 85.7 Å². The molecule has 5 aromatic rings. The topological polar surface area (TPSA) is 191 Å². The molecule has 0 aliphatic carbocycles. The number of benzene rings is 4. The van der Waals surface area contributed by atoms with Crippen molar-refractivity contribution in [2.75, 3.05) is 50.7 Å². The Morgan fingerprint density at radius 2 is 1.51 bits per heavy atom. The van der Waals surface area contributed by atoms with Gasteiger partial charge in [-0.15, -0.1) is 0 Å². The summed E-state index contributed by atoms with van der Waals surface area (Å²) < 4.78 is 44.4. The largest absolute Gasteiger partial charge is 0.416 e. The first-order valence-electron chi connectivity index (χ1n) is 21.9. The number of carbonyl (C=O) groups excluding carboxylic acids is 2. The molecule has 0 spiro atoms. The summed E-state index contributed by atoms with van der Waals surface area (Å²) >= 11 is 0. The number of aromatic nitrogens is 2. The van der Waals surface area contributed by atoms with Gasteiger partial charge in [0.1, 0.15) is 24.9 Å². The maximum atomic E-state index is 13.6. The van der Waals surface area contributed by atoms with Gasteiger partial charge in [0.15, 0.2) is 0 Å². The van der Waals surface area contributed by atoms with E-state index in [4.69, 9.17) is 4.52 Å². The van der Waals surface area contributed by atoms with Crippen LogP contribution >= 0.6 is 0 Å². The lowest BCUT2D eigenvalue weighted by Gasteiger charge is -2.40. The first kappa shape index (κ1) is 44.5. The molecule has 5 heterocycles. The van der Waals surface area contributed by atoms with Crippen molar-refractivity contribution in [1.29, 1.82) is 0 Å². The van der Waals surface area contributed by atoms with E-state index in [9.17, 15) is 43.2 Å². The van der Waals surface area contributed by atoms with E-state index in [1.807, 2.05) is 30.3 Å². The molecule has 4 aliphatic rings. The van der Waals surface area contributed by atoms with Crippen LogP contribution in [0.4, 0.5) is 18.9 Å². The Morgan fingerprint density at radius 1 is 0.785 bits per heavy atom. The van der Waals surface area contributed by atoms with Gasteiger partial charge in [-0.1, -0.05) is 47.6 Å². The van der Waals surface area contributed by atoms with Gasteiger partial charge in [-0.2, -0.15) is 18.2 Å². The van der Waals surface area contributed by atoms with Gasteiger partial charge in [0, 0.05) is 91.4 Å². The third-order valence-corrected chi connectivity index (χ3v) is 13.1. The smallest absolute Gasteiger partial charge is 0.379 e. The van der Waals surface area contributed by atoms with Gasteiger partial charge in [0.05, 0.1) is 11.6 Å². The average molecular weight is 897 g/mol. The summed E-state index contributed by atoms with van der Waals surface area (Å²) in [5.41, 5.74) is 4.18. The Balaban J connectivity index is 0.736. The quantitative estimate of drug-likeness (QED) is 0.113. The van der Waals surface area contributed by atoms with E-state index < -0.39 is 42.7 Å². The van der Waals surface area contributed by atoms with Crippen molar-refractivity contribution in [3.63, 3.8) is 0 Å². The second kappa shape index (κ2) is 18.6. The Labute approximate surface area is 373 Å². The number of rotatable bonds is 10. The number of piperidine rings is 2. The predicted molar refractivity (Wildman–Crippen MR) is 231 cm³/mol. The second-order valence-corrected chi connectivity index (χ2v) is 17.2. The van der Waals surface area contributed by atoms with Gasteiger partial charge in [-0.25, -0.2) is 4.90 Å². The zero-order valence-electron chi connectivity index (χ0n) is 35.4. The highest BCUT2D eigenvalue weighted by atomic mass is 19.4. The van der Waals surface area contributed by atoms with E-state index in [0.29, 0.717) is 98.6 Å². The first-order valence-corrected chi connectivity index (χ1v) is 21.9. The summed E-state index contributed by atoms with van der Waals surface area (Å²) in [6.07, 6.45) is -6.18. The monoisotopic (exact) mass is 896 g/mol. The molecule has 3 fully saturated rings. The Hall–Kier alpha value is -5.73. The first-order chi connectivity index (χ1) is 31.3. The minimum atomic E-state index is -4.46. The van der Waals surface area contributed by atoms with E-state index >= 15 is 0 Å². The molecule has 2 amide bonds. The number of anilines is 1. The van der Waals surface area contributed by atoms with Gasteiger partial charge < -0.3 is 40.1 Å². The lowest BCUT2D eigenvalue weighted by molar-refractivity contribution is -0.159. The Kier molecular flexibility index (Phi) is 12.7. The van der Waals surface area contributed by atoms with Crippen molar-refractivity contribution < 1.29 is 47.7 Å². The van der Waals surface area contributed by atoms with Crippen molar-refractivity contribution in [2.24, 2.45) is 5.92 Å². The fourth-order valence-corrected chi connectivity index (χ4v) is 9.48. The predicted octanol–water partition coefficient (Wildman–Crippen LogP) is 4.71. The van der Waals surface area contributed by atoms with Crippen LogP contribution in [0.5, 0.6) is 0 Å². The molecular formula is C47H51F3N8O7. The highest BCUT2D eigenvalue weighted by Crippen LogP contribution is 2.47. The summed E-state index contributed by atoms with van der Waals surface area (Å²) in [4.78, 5) is 39.0. The molecule has 4 aliphatic heterocycles. The lowest BCUT2D eigenvalue weighted by Crippen LogP contribution is -2.57. The third-order valence-electron chi connectivity index (χ3n) is 13.1. The third kappa shape index (κ3) is 9.51. The van der Waals surface area contributed by atoms with Gasteiger partial charge >= 0.3 is 6.18 Å². The minimum Gasteiger partial charge on any atom is -0.379 e. The van der Waals surface area contributed by atoms with Crippen molar-refractivity contribution in [2.45, 2.75) is 69.4 Å². The SMILES string of the molecule is O=C(NCC1CCN(c2cccc3c2C(O)N(C2CCC(O)NC2O)C3O)CC1)c1cccc(CN2CCN(C(=O)c3cccc(-c4nc(-c5ccc(C(F)(F)F)cc5)no4)c3)CC2)c1. The number of halogens is 3. The van der Waals surface area contributed by atoms with Crippen LogP contribution in [0.3, 0.4) is 0 Å². The summed E-state index contributed by atoms with van der Waals surface area (Å²) in [5.74, 6) is 0.232. The van der Waals surface area contributed by atoms with Gasteiger partial charge in [0.25, 0.3) is 17.7 Å². The van der Waals surface area contributed by atoms with Crippen LogP contribution in [0, 0.1) is 5.92 Å². The van der Waals surface area contributed by atoms with E-state index in [2.05, 4.69) is 30.6 Å². The normalized spacial score (nSPS) is 23.4. The lowest BCUT2D eigenvalue weighted by atomic mass is 9.95. The van der Waals surface area contributed by atoms with Crippen LogP contribution in [0.2, 0.25) is 0 Å². The molecule has 15 nitrogen and oxygen atoms in total. The zero-order valence-corrected chi connectivity index (χ0v) is 35.4. The maximum Gasteiger partial charge on any atom is 0.416 e. The number of alkyl halides is 3. The van der Waals surface area contributed by atoms with Crippen LogP contribution in [0.1, 0.15) is 81.1 Å². The van der Waals surface area contributed by atoms with Crippen LogP contribution in [-0.2, 0) is 12.7 Å². The van der Waals surface area contributed by atoms with E-state index in [1.54, 1.807) is 41.3 Å². The highest BCUT2D eigenvalue weighted by molar-refractivity contribution is 5.95. The van der Waals surface area contributed by atoms with E-state index in [-0.39, 0.29) is 29.4 Å². The number of piperazine rings is 1. The number of hydrogen-bond donors (Lipinski definition) is 6. The number of aliphatic hydroxyl groups excluding tert-OH is 4. The summed E-state index contributed by atoms with van der Waals surface area (Å²) in [7, 11) is 0. The van der Waals surface area contributed by atoms with Crippen molar-refractivity contribution in [3.05, 3.63) is 124 Å². The van der Waals surface area contributed by atoms with Gasteiger partial charge in [-0.3, -0.25) is 19.8 Å². The number of aliphatic hydroxyl groups is 4. The molecule has 3 saturated heterocycles. The molecule has 65 heavy (non-hydrogen) atoms. The minimum absolute atomic E-state index is 0.131. The zero-order chi connectivity index (χ0) is 45.4. The maximum absolute atomic E-state index is 13.6. The van der Waals surface area contributed by atoms with Crippen molar-refractivity contribution >= 4 is 17.5 Å². The Morgan fingerprint density at radius 3 is 2.25 bits per heavy atom. The van der Waals surface area contributed by atoms with Crippen LogP contribution < -0.4 is 15.5 Å². The highest BCUT2D eigenvalue weighted by Gasteiger charge is 2.46. The van der Waals surface area contributed by atoms with Crippen molar-refractivity contribution in [3.8, 4) is 22.8 Å². The summed E-state index contributed by atoms with van der Waals surface area (Å²) in [5, 5.41) is 53.0. The number of amides is 2. The fraction of sp³-hybridized carbons (Fsp3) is 0.404. The molecule has 9 rings (SSSR count). The second-order valence-electron chi connectivity index (χ2n) is 17.2. The molecule has 1 aromatic heterocycles. The molecule has 0 bridgehead atoms. The van der Waals surface area contributed by atoms with Crippen LogP contribution in [-0.4, -0.2) is 121 Å². The molecule has 0 radical (unpaired) electrons. The standard InChI is InChI=1S/C47H51F3N8O7/c48-47(49,50)34-12-10-30(11-13-34)40-53-43(65-54-40)32-6-2-7-33(25-32)44(62)57-22-20-55(21-23-57)27-29-4-1-5-31(24-29)41(60)51-26-28-16-18-56(19-17-28)36-9-3-8-35-39(36)46(64)58(45(35)63)37-14-15-38(59)52-42(37)61/h1-13,24-25,28,37-38,42,45-46,52,59,61,63-64H,14-23,26-27H2,(H,51,60). The van der Waals surface area contributed by atoms with Crippen LogP contribution in [0.15, 0.2) is 95.5 Å². The van der Waals surface area contributed by atoms with E-state index in [1.165, 1.54) is 17.0 Å². The number of fused-ring (bicyclic) bond motifs is 1. The summed E-state index contributed by atoms with van der Waals surface area (Å²) in [6, 6.07) is 23.9. The van der Waals surface area contributed by atoms with Gasteiger partial charge in [0.2, 0.25) is 5.82 Å². The number of nitrogens with one attached hydrogen (secondary N) is 2. The molecule has 18 heteroatoms. The number of hydrogen-bond acceptors (Lipinski definition) is 13. The van der Waals surface area contributed by atoms with Crippen molar-refractivity contribution in [1.82, 2.24) is 35.5 Å². The number of nitrogens with zero attached hydrogens (tertiary/aromatic N) is 6. The Bertz CT molecular complexity index is 2490. The molecule has 0 saturated carbocycles. The molecule has 6 N–H and O–H groups in total. The molecule has 4 aromatic carbocycles. The average Bonchev–Trinajstić information content (AvgIpc) is 3.91. The summed E-state index contributed by atoms with van der Waals surface area (Å²) in [6.45, 7) is 4.83. The fourth-order valence-electron chi connectivity index (χ4n) is 9.48. The van der Waals surface area contributed by atoms with Crippen LogP contribution in [0.25, 0.3) is 22.8 Å². The molecule has 5 unspecified atom stereocenters.